The van der Waals surface area contributed by atoms with Crippen LogP contribution in [-0.4, -0.2) is 36.3 Å². The quantitative estimate of drug-likeness (QED) is 0.287. The van der Waals surface area contributed by atoms with Crippen LogP contribution >= 0.6 is 0 Å². The van der Waals surface area contributed by atoms with E-state index in [1.54, 1.807) is 24.3 Å². The maximum Gasteiger partial charge on any atom is 0.325 e. The van der Waals surface area contributed by atoms with E-state index in [0.29, 0.717) is 11.3 Å². The molecule has 0 saturated carbocycles. The van der Waals surface area contributed by atoms with E-state index < -0.39 is 38.0 Å². The zero-order chi connectivity index (χ0) is 25.6. The number of anilines is 1. The minimum Gasteiger partial charge on any atom is -0.491 e. The zero-order valence-corrected chi connectivity index (χ0v) is 19.6. The van der Waals surface area contributed by atoms with Crippen LogP contribution in [0.1, 0.15) is 41.0 Å². The standard InChI is InChI=1S/C22H23N5O7S/c1-3-13(2)34-17-10-6-15(7-11-17)20(29)26-25-19(28)14-4-8-16(9-5-14)27-35(32,33)18-12-23-22(31)24-21(18)30/h4-13,27H,3H2,1-2H3,(H,25,28)(H,26,29)(H2,23,24,30,31). The van der Waals surface area contributed by atoms with E-state index in [1.165, 1.54) is 24.3 Å². The Bertz CT molecular complexity index is 1430. The van der Waals surface area contributed by atoms with Crippen LogP contribution < -0.4 is 31.6 Å². The van der Waals surface area contributed by atoms with Crippen LogP contribution in [0.5, 0.6) is 5.75 Å². The average molecular weight is 502 g/mol. The average Bonchev–Trinajstić information content (AvgIpc) is 2.82. The van der Waals surface area contributed by atoms with Crippen molar-refractivity contribution in [2.24, 2.45) is 0 Å². The first-order chi connectivity index (χ1) is 16.6. The molecule has 35 heavy (non-hydrogen) atoms. The van der Waals surface area contributed by atoms with Crippen LogP contribution in [0.2, 0.25) is 0 Å². The molecule has 0 fully saturated rings. The second-order valence-corrected chi connectivity index (χ2v) is 9.04. The van der Waals surface area contributed by atoms with Crippen LogP contribution in [0, 0.1) is 0 Å². The van der Waals surface area contributed by atoms with Crippen molar-refractivity contribution in [2.75, 3.05) is 4.72 Å². The molecule has 0 bridgehead atoms. The predicted octanol–water partition coefficient (Wildman–Crippen LogP) is 1.12. The molecule has 0 aliphatic heterocycles. The normalized spacial score (nSPS) is 11.8. The molecule has 0 spiro atoms. The van der Waals surface area contributed by atoms with Gasteiger partial charge in [-0.1, -0.05) is 6.92 Å². The van der Waals surface area contributed by atoms with E-state index in [4.69, 9.17) is 4.74 Å². The van der Waals surface area contributed by atoms with E-state index in [2.05, 4.69) is 20.6 Å². The molecule has 0 aliphatic rings. The van der Waals surface area contributed by atoms with Gasteiger partial charge in [0.05, 0.1) is 6.10 Å². The van der Waals surface area contributed by atoms with Crippen molar-refractivity contribution >= 4 is 27.5 Å². The van der Waals surface area contributed by atoms with E-state index in [0.717, 1.165) is 12.6 Å². The highest BCUT2D eigenvalue weighted by Crippen LogP contribution is 2.15. The molecular weight excluding hydrogens is 478 g/mol. The van der Waals surface area contributed by atoms with Crippen LogP contribution in [0.25, 0.3) is 0 Å². The van der Waals surface area contributed by atoms with Crippen LogP contribution in [-0.2, 0) is 10.0 Å². The Labute approximate surface area is 199 Å². The van der Waals surface area contributed by atoms with Gasteiger partial charge in [-0.15, -0.1) is 0 Å². The first-order valence-corrected chi connectivity index (χ1v) is 11.9. The fourth-order valence-electron chi connectivity index (χ4n) is 2.76. The Kier molecular flexibility index (Phi) is 7.71. The van der Waals surface area contributed by atoms with Gasteiger partial charge in [-0.05, 0) is 61.9 Å². The van der Waals surface area contributed by atoms with Gasteiger partial charge in [0.2, 0.25) is 0 Å². The lowest BCUT2D eigenvalue weighted by atomic mass is 10.2. The fourth-order valence-corrected chi connectivity index (χ4v) is 3.82. The van der Waals surface area contributed by atoms with Crippen molar-refractivity contribution < 1.29 is 22.7 Å². The lowest BCUT2D eigenvalue weighted by Gasteiger charge is -2.13. The molecule has 12 nitrogen and oxygen atoms in total. The highest BCUT2D eigenvalue weighted by atomic mass is 32.2. The molecule has 3 rings (SSSR count). The molecule has 5 N–H and O–H groups in total. The Morgan fingerprint density at radius 3 is 2.00 bits per heavy atom. The second-order valence-electron chi connectivity index (χ2n) is 7.39. The van der Waals surface area contributed by atoms with Gasteiger partial charge >= 0.3 is 5.69 Å². The molecule has 2 amide bonds. The summed E-state index contributed by atoms with van der Waals surface area (Å²) >= 11 is 0. The monoisotopic (exact) mass is 501 g/mol. The van der Waals surface area contributed by atoms with Crippen LogP contribution in [0.15, 0.2) is 69.2 Å². The summed E-state index contributed by atoms with van der Waals surface area (Å²) in [6.45, 7) is 3.93. The molecule has 3 aromatic rings. The number of carbonyl (C=O) groups excluding carboxylic acids is 2. The molecule has 13 heteroatoms. The molecule has 1 heterocycles. The van der Waals surface area contributed by atoms with E-state index >= 15 is 0 Å². The third-order valence-electron chi connectivity index (χ3n) is 4.79. The largest absolute Gasteiger partial charge is 0.491 e. The molecule has 1 unspecified atom stereocenters. The molecule has 2 aromatic carbocycles. The number of ether oxygens (including phenoxy) is 1. The topological polar surface area (TPSA) is 179 Å². The van der Waals surface area contributed by atoms with Gasteiger partial charge in [-0.3, -0.25) is 34.9 Å². The third kappa shape index (κ3) is 6.57. The van der Waals surface area contributed by atoms with Crippen LogP contribution in [0.4, 0.5) is 5.69 Å². The number of hydrogen-bond acceptors (Lipinski definition) is 7. The highest BCUT2D eigenvalue weighted by Gasteiger charge is 2.19. The number of hydrazine groups is 1. The number of aromatic nitrogens is 2. The number of sulfonamides is 1. The Morgan fingerprint density at radius 1 is 0.943 bits per heavy atom. The molecule has 1 atom stereocenters. The highest BCUT2D eigenvalue weighted by molar-refractivity contribution is 7.92. The SMILES string of the molecule is CCC(C)Oc1ccc(C(=O)NNC(=O)c2ccc(NS(=O)(=O)c3c[nH]c(=O)[nH]c3=O)cc2)cc1. The maximum absolute atomic E-state index is 12.4. The van der Waals surface area contributed by atoms with E-state index in [-0.39, 0.29) is 17.4 Å². The van der Waals surface area contributed by atoms with Crippen molar-refractivity contribution in [1.29, 1.82) is 0 Å². The summed E-state index contributed by atoms with van der Waals surface area (Å²) in [5.41, 5.74) is 3.15. The van der Waals surface area contributed by atoms with Gasteiger partial charge in [0.1, 0.15) is 5.75 Å². The van der Waals surface area contributed by atoms with Gasteiger partial charge in [-0.2, -0.15) is 0 Å². The number of H-pyrrole nitrogens is 2. The summed E-state index contributed by atoms with van der Waals surface area (Å²) in [6.07, 6.45) is 1.67. The van der Waals surface area contributed by atoms with Gasteiger partial charge in [0.25, 0.3) is 27.4 Å². The van der Waals surface area contributed by atoms with Gasteiger partial charge in [-0.25, -0.2) is 13.2 Å². The minimum absolute atomic E-state index is 0.0437. The maximum atomic E-state index is 12.4. The lowest BCUT2D eigenvalue weighted by molar-refractivity contribution is 0.0846. The van der Waals surface area contributed by atoms with Crippen molar-refractivity contribution in [3.8, 4) is 5.75 Å². The first kappa shape index (κ1) is 25.2. The molecule has 0 aliphatic carbocycles. The van der Waals surface area contributed by atoms with Gasteiger partial charge < -0.3 is 9.72 Å². The second kappa shape index (κ2) is 10.7. The molecule has 0 radical (unpaired) electrons. The van der Waals surface area contributed by atoms with Crippen molar-refractivity contribution in [3.63, 3.8) is 0 Å². The number of carbonyl (C=O) groups is 2. The van der Waals surface area contributed by atoms with Gasteiger partial charge in [0.15, 0.2) is 4.90 Å². The van der Waals surface area contributed by atoms with Crippen molar-refractivity contribution in [1.82, 2.24) is 20.8 Å². The van der Waals surface area contributed by atoms with E-state index in [1.807, 2.05) is 18.8 Å². The number of aromatic amines is 2. The molecule has 184 valence electrons. The lowest BCUT2D eigenvalue weighted by Crippen LogP contribution is -2.41. The van der Waals surface area contributed by atoms with Crippen molar-refractivity contribution in [2.45, 2.75) is 31.3 Å². The number of amides is 2. The Hall–Kier alpha value is -4.39. The van der Waals surface area contributed by atoms with Crippen molar-refractivity contribution in [3.05, 3.63) is 86.7 Å². The summed E-state index contributed by atoms with van der Waals surface area (Å²) in [4.78, 5) is 50.6. The Balaban J connectivity index is 1.58. The fraction of sp³-hybridized carbons (Fsp3) is 0.182. The Morgan fingerprint density at radius 2 is 1.49 bits per heavy atom. The smallest absolute Gasteiger partial charge is 0.325 e. The van der Waals surface area contributed by atoms with Crippen LogP contribution in [0.3, 0.4) is 0 Å². The number of benzene rings is 2. The number of hydrogen-bond donors (Lipinski definition) is 5. The van der Waals surface area contributed by atoms with E-state index in [9.17, 15) is 27.6 Å². The summed E-state index contributed by atoms with van der Waals surface area (Å²) in [6, 6.07) is 11.7. The van der Waals surface area contributed by atoms with Gasteiger partial charge in [0, 0.05) is 23.0 Å². The first-order valence-electron chi connectivity index (χ1n) is 10.4. The molecule has 1 aromatic heterocycles. The summed E-state index contributed by atoms with van der Waals surface area (Å²) in [5, 5.41) is 0. The number of rotatable bonds is 8. The predicted molar refractivity (Wildman–Crippen MR) is 127 cm³/mol. The minimum atomic E-state index is -4.29. The molecule has 0 saturated heterocycles. The number of nitrogens with one attached hydrogen (secondary N) is 5. The third-order valence-corrected chi connectivity index (χ3v) is 6.18. The summed E-state index contributed by atoms with van der Waals surface area (Å²) < 4.78 is 32.6. The molecular formula is C22H23N5O7S. The zero-order valence-electron chi connectivity index (χ0n) is 18.7. The summed E-state index contributed by atoms with van der Waals surface area (Å²) in [7, 11) is -4.29. The summed E-state index contributed by atoms with van der Waals surface area (Å²) in [5.74, 6) is -0.550.